The number of benzene rings is 1. The van der Waals surface area contributed by atoms with Crippen LogP contribution in [0.5, 0.6) is 0 Å². The van der Waals surface area contributed by atoms with Crippen molar-refractivity contribution in [2.45, 2.75) is 11.8 Å². The first-order valence-corrected chi connectivity index (χ1v) is 5.56. The van der Waals surface area contributed by atoms with Gasteiger partial charge in [0.1, 0.15) is 6.79 Å². The average Bonchev–Trinajstić information content (AvgIpc) is 3.07. The normalized spacial score (nSPS) is 26.8. The smallest absolute Gasteiger partial charge is 0.307 e. The van der Waals surface area contributed by atoms with Gasteiger partial charge in [-0.15, -0.1) is 0 Å². The topological polar surface area (TPSA) is 55.8 Å². The van der Waals surface area contributed by atoms with Gasteiger partial charge < -0.3 is 14.6 Å². The van der Waals surface area contributed by atoms with E-state index in [0.717, 1.165) is 5.56 Å². The summed E-state index contributed by atoms with van der Waals surface area (Å²) < 4.78 is 10.2. The van der Waals surface area contributed by atoms with Crippen LogP contribution in [0.25, 0.3) is 0 Å². The van der Waals surface area contributed by atoms with Crippen molar-refractivity contribution in [1.29, 1.82) is 0 Å². The van der Waals surface area contributed by atoms with Crippen molar-refractivity contribution < 1.29 is 19.4 Å². The molecule has 1 aromatic rings. The van der Waals surface area contributed by atoms with Crippen molar-refractivity contribution >= 4 is 5.97 Å². The highest BCUT2D eigenvalue weighted by Crippen LogP contribution is 2.54. The zero-order valence-corrected chi connectivity index (χ0v) is 9.76. The van der Waals surface area contributed by atoms with E-state index in [1.807, 2.05) is 30.3 Å². The number of carboxylic acids is 1. The Morgan fingerprint density at radius 3 is 2.71 bits per heavy atom. The molecule has 1 aliphatic rings. The second-order valence-corrected chi connectivity index (χ2v) is 4.37. The van der Waals surface area contributed by atoms with Crippen LogP contribution in [0.4, 0.5) is 0 Å². The maximum atomic E-state index is 11.1. The van der Waals surface area contributed by atoms with Crippen LogP contribution in [0, 0.1) is 5.92 Å². The molecule has 0 aliphatic heterocycles. The molecule has 4 heteroatoms. The summed E-state index contributed by atoms with van der Waals surface area (Å²) in [7, 11) is 1.55. The van der Waals surface area contributed by atoms with Crippen LogP contribution in [0.2, 0.25) is 0 Å². The molecule has 0 aromatic heterocycles. The lowest BCUT2D eigenvalue weighted by Gasteiger charge is -2.16. The van der Waals surface area contributed by atoms with Crippen LogP contribution in [0.3, 0.4) is 0 Å². The largest absolute Gasteiger partial charge is 0.481 e. The maximum absolute atomic E-state index is 11.1. The van der Waals surface area contributed by atoms with Gasteiger partial charge in [0.05, 0.1) is 12.5 Å². The van der Waals surface area contributed by atoms with Crippen LogP contribution in [-0.4, -0.2) is 31.6 Å². The summed E-state index contributed by atoms with van der Waals surface area (Å²) in [5, 5.41) is 9.12. The van der Waals surface area contributed by atoms with Crippen molar-refractivity contribution in [2.24, 2.45) is 5.92 Å². The molecule has 0 radical (unpaired) electrons. The molecule has 1 aliphatic carbocycles. The molecule has 0 bridgehead atoms. The van der Waals surface area contributed by atoms with E-state index in [-0.39, 0.29) is 18.1 Å². The van der Waals surface area contributed by atoms with Gasteiger partial charge in [0.25, 0.3) is 0 Å². The molecule has 0 amide bonds. The van der Waals surface area contributed by atoms with Crippen LogP contribution in [0.15, 0.2) is 30.3 Å². The average molecular weight is 236 g/mol. The summed E-state index contributed by atoms with van der Waals surface area (Å²) in [5.74, 6) is -1.10. The summed E-state index contributed by atoms with van der Waals surface area (Å²) in [5.41, 5.74) is 0.662. The zero-order chi connectivity index (χ0) is 12.3. The molecular formula is C13H16O4. The quantitative estimate of drug-likeness (QED) is 0.602. The van der Waals surface area contributed by atoms with Gasteiger partial charge in [0.15, 0.2) is 0 Å². The summed E-state index contributed by atoms with van der Waals surface area (Å²) >= 11 is 0. The van der Waals surface area contributed by atoms with Crippen LogP contribution in [0.1, 0.15) is 12.0 Å². The van der Waals surface area contributed by atoms with Crippen molar-refractivity contribution in [2.75, 3.05) is 20.5 Å². The lowest BCUT2D eigenvalue weighted by Crippen LogP contribution is -2.22. The molecule has 1 unspecified atom stereocenters. The number of aliphatic carboxylic acids is 1. The van der Waals surface area contributed by atoms with E-state index < -0.39 is 5.97 Å². The van der Waals surface area contributed by atoms with E-state index in [1.165, 1.54) is 0 Å². The van der Waals surface area contributed by atoms with E-state index in [2.05, 4.69) is 0 Å². The van der Waals surface area contributed by atoms with Gasteiger partial charge in [-0.3, -0.25) is 4.79 Å². The highest BCUT2D eigenvalue weighted by Gasteiger charge is 2.59. The molecule has 92 valence electrons. The predicted molar refractivity (Wildman–Crippen MR) is 61.7 cm³/mol. The highest BCUT2D eigenvalue weighted by molar-refractivity contribution is 5.77. The van der Waals surface area contributed by atoms with Gasteiger partial charge in [-0.05, 0) is 12.0 Å². The Bertz CT molecular complexity index is 390. The van der Waals surface area contributed by atoms with E-state index in [4.69, 9.17) is 14.6 Å². The van der Waals surface area contributed by atoms with Gasteiger partial charge in [0.2, 0.25) is 0 Å². The van der Waals surface area contributed by atoms with Crippen molar-refractivity contribution in [3.05, 3.63) is 35.9 Å². The van der Waals surface area contributed by atoms with Crippen molar-refractivity contribution in [3.63, 3.8) is 0 Å². The SMILES string of the molecule is COCOC[C@@]1(c2ccccc2)CC1C(=O)O. The van der Waals surface area contributed by atoms with E-state index in [1.54, 1.807) is 7.11 Å². The Hall–Kier alpha value is -1.39. The highest BCUT2D eigenvalue weighted by atomic mass is 16.7. The molecular weight excluding hydrogens is 220 g/mol. The molecule has 4 nitrogen and oxygen atoms in total. The van der Waals surface area contributed by atoms with Crippen LogP contribution in [-0.2, 0) is 19.7 Å². The third kappa shape index (κ3) is 2.33. The fraction of sp³-hybridized carbons (Fsp3) is 0.462. The summed E-state index contributed by atoms with van der Waals surface area (Å²) in [6, 6.07) is 9.68. The van der Waals surface area contributed by atoms with Gasteiger partial charge in [0, 0.05) is 12.5 Å². The first kappa shape index (κ1) is 12.1. The van der Waals surface area contributed by atoms with Crippen LogP contribution >= 0.6 is 0 Å². The number of carbonyl (C=O) groups is 1. The van der Waals surface area contributed by atoms with Gasteiger partial charge in [-0.1, -0.05) is 30.3 Å². The number of hydrogen-bond acceptors (Lipinski definition) is 3. The van der Waals surface area contributed by atoms with Crippen molar-refractivity contribution in [3.8, 4) is 0 Å². The lowest BCUT2D eigenvalue weighted by molar-refractivity contribution is -0.139. The third-order valence-electron chi connectivity index (χ3n) is 3.28. The molecule has 1 fully saturated rings. The minimum atomic E-state index is -0.755. The second-order valence-electron chi connectivity index (χ2n) is 4.37. The molecule has 17 heavy (non-hydrogen) atoms. The third-order valence-corrected chi connectivity index (χ3v) is 3.28. The molecule has 1 N–H and O–H groups in total. The van der Waals surface area contributed by atoms with Gasteiger partial charge >= 0.3 is 5.97 Å². The Balaban J connectivity index is 2.13. The fourth-order valence-electron chi connectivity index (χ4n) is 2.27. The summed E-state index contributed by atoms with van der Waals surface area (Å²) in [4.78, 5) is 11.1. The first-order valence-electron chi connectivity index (χ1n) is 5.56. The van der Waals surface area contributed by atoms with E-state index >= 15 is 0 Å². The molecule has 1 saturated carbocycles. The number of methoxy groups -OCH3 is 1. The molecule has 2 atom stereocenters. The van der Waals surface area contributed by atoms with Gasteiger partial charge in [-0.25, -0.2) is 0 Å². The Labute approximate surface area is 100 Å². The van der Waals surface area contributed by atoms with Crippen molar-refractivity contribution in [1.82, 2.24) is 0 Å². The van der Waals surface area contributed by atoms with E-state index in [0.29, 0.717) is 13.0 Å². The number of carboxylic acid groups (broad SMARTS) is 1. The zero-order valence-electron chi connectivity index (χ0n) is 9.76. The number of ether oxygens (including phenoxy) is 2. The minimum Gasteiger partial charge on any atom is -0.481 e. The number of hydrogen-bond donors (Lipinski definition) is 1. The summed E-state index contributed by atoms with van der Waals surface area (Å²) in [6.07, 6.45) is 0.635. The molecule has 0 heterocycles. The Morgan fingerprint density at radius 2 is 2.18 bits per heavy atom. The second kappa shape index (κ2) is 4.85. The molecule has 2 rings (SSSR count). The summed E-state index contributed by atoms with van der Waals surface area (Å²) in [6.45, 7) is 0.586. The first-order chi connectivity index (χ1) is 8.20. The van der Waals surface area contributed by atoms with Crippen LogP contribution < -0.4 is 0 Å². The Morgan fingerprint density at radius 1 is 1.47 bits per heavy atom. The lowest BCUT2D eigenvalue weighted by atomic mass is 9.94. The fourth-order valence-corrected chi connectivity index (χ4v) is 2.27. The standard InChI is InChI=1S/C13H16O4/c1-16-9-17-8-13(7-11(13)12(14)15)10-5-3-2-4-6-10/h2-6,11H,7-9H2,1H3,(H,14,15)/t11?,13-/m1/s1. The number of rotatable bonds is 6. The predicted octanol–water partition coefficient (Wildman–Crippen LogP) is 1.65. The Kier molecular flexibility index (Phi) is 3.45. The maximum Gasteiger partial charge on any atom is 0.307 e. The van der Waals surface area contributed by atoms with Gasteiger partial charge in [-0.2, -0.15) is 0 Å². The molecule has 0 spiro atoms. The molecule has 0 saturated heterocycles. The van der Waals surface area contributed by atoms with E-state index in [9.17, 15) is 4.79 Å². The monoisotopic (exact) mass is 236 g/mol. The molecule has 1 aromatic carbocycles. The minimum absolute atomic E-state index is 0.195.